The van der Waals surface area contributed by atoms with E-state index in [1.165, 1.54) is 12.3 Å². The van der Waals surface area contributed by atoms with Crippen molar-refractivity contribution in [3.63, 3.8) is 0 Å². The average Bonchev–Trinajstić information content (AvgIpc) is 2.18. The molecule has 4 nitrogen and oxygen atoms in total. The maximum Gasteiger partial charge on any atom is 0.242 e. The molecule has 0 spiro atoms. The second-order valence-electron chi connectivity index (χ2n) is 4.83. The SMILES string of the molecule is CC(C)(C)CNS(=O)(=O)c1cnc(Cl)c(Cl)c1. The van der Waals surface area contributed by atoms with Crippen molar-refractivity contribution in [2.75, 3.05) is 6.54 Å². The van der Waals surface area contributed by atoms with Gasteiger partial charge in [-0.05, 0) is 11.5 Å². The minimum absolute atomic E-state index is 0.0103. The number of nitrogens with one attached hydrogen (secondary N) is 1. The summed E-state index contributed by atoms with van der Waals surface area (Å²) in [6.07, 6.45) is 1.18. The fraction of sp³-hybridized carbons (Fsp3) is 0.500. The second-order valence-corrected chi connectivity index (χ2v) is 7.36. The summed E-state index contributed by atoms with van der Waals surface area (Å²) in [4.78, 5) is 3.71. The summed E-state index contributed by atoms with van der Waals surface area (Å²) >= 11 is 11.3. The quantitative estimate of drug-likeness (QED) is 0.873. The van der Waals surface area contributed by atoms with Gasteiger partial charge in [-0.15, -0.1) is 0 Å². The lowest BCUT2D eigenvalue weighted by Crippen LogP contribution is -2.32. The van der Waals surface area contributed by atoms with E-state index in [9.17, 15) is 8.42 Å². The molecule has 0 aliphatic heterocycles. The lowest BCUT2D eigenvalue weighted by atomic mass is 9.98. The third-order valence-corrected chi connectivity index (χ3v) is 3.93. The standard InChI is InChI=1S/C10H14Cl2N2O2S/c1-10(2,3)6-14-17(15,16)7-4-8(11)9(12)13-5-7/h4-5,14H,6H2,1-3H3. The molecule has 1 heterocycles. The summed E-state index contributed by atoms with van der Waals surface area (Å²) < 4.78 is 26.3. The van der Waals surface area contributed by atoms with E-state index in [-0.39, 0.29) is 20.5 Å². The predicted octanol–water partition coefficient (Wildman–Crippen LogP) is 2.71. The lowest BCUT2D eigenvalue weighted by molar-refractivity contribution is 0.407. The largest absolute Gasteiger partial charge is 0.242 e. The van der Waals surface area contributed by atoms with Gasteiger partial charge in [0, 0.05) is 12.7 Å². The van der Waals surface area contributed by atoms with Crippen molar-refractivity contribution in [3.8, 4) is 0 Å². The van der Waals surface area contributed by atoms with Crippen LogP contribution in [0.1, 0.15) is 20.8 Å². The van der Waals surface area contributed by atoms with Gasteiger partial charge in [-0.1, -0.05) is 44.0 Å². The summed E-state index contributed by atoms with van der Waals surface area (Å²) in [6.45, 7) is 6.13. The molecule has 1 rings (SSSR count). The van der Waals surface area contributed by atoms with Gasteiger partial charge in [0.25, 0.3) is 0 Å². The molecule has 1 aromatic heterocycles. The number of pyridine rings is 1. The van der Waals surface area contributed by atoms with Gasteiger partial charge in [0.05, 0.1) is 5.02 Å². The predicted molar refractivity (Wildman–Crippen MR) is 68.9 cm³/mol. The summed E-state index contributed by atoms with van der Waals surface area (Å²) in [5, 5.41) is 0.201. The smallest absolute Gasteiger partial charge is 0.242 e. The summed E-state index contributed by atoms with van der Waals surface area (Å²) in [7, 11) is -3.59. The Kier molecular flexibility index (Phi) is 4.41. The van der Waals surface area contributed by atoms with Crippen LogP contribution in [-0.2, 0) is 10.0 Å². The fourth-order valence-electron chi connectivity index (χ4n) is 0.945. The molecule has 0 saturated carbocycles. The van der Waals surface area contributed by atoms with E-state index in [1.807, 2.05) is 20.8 Å². The van der Waals surface area contributed by atoms with Crippen LogP contribution >= 0.6 is 23.2 Å². The Morgan fingerprint density at radius 1 is 1.35 bits per heavy atom. The van der Waals surface area contributed by atoms with Crippen LogP contribution in [0.15, 0.2) is 17.2 Å². The van der Waals surface area contributed by atoms with E-state index in [4.69, 9.17) is 23.2 Å². The number of halogens is 2. The zero-order chi connectivity index (χ0) is 13.3. The van der Waals surface area contributed by atoms with Gasteiger partial charge in [-0.25, -0.2) is 18.1 Å². The number of aromatic nitrogens is 1. The van der Waals surface area contributed by atoms with Gasteiger partial charge in [0.2, 0.25) is 10.0 Å². The Morgan fingerprint density at radius 2 is 1.94 bits per heavy atom. The van der Waals surface area contributed by atoms with Crippen molar-refractivity contribution in [1.29, 1.82) is 0 Å². The Hall–Kier alpha value is -0.360. The molecule has 0 radical (unpaired) electrons. The molecular weight excluding hydrogens is 283 g/mol. The minimum atomic E-state index is -3.59. The van der Waals surface area contributed by atoms with Crippen molar-refractivity contribution in [2.45, 2.75) is 25.7 Å². The lowest BCUT2D eigenvalue weighted by Gasteiger charge is -2.18. The van der Waals surface area contributed by atoms with Gasteiger partial charge < -0.3 is 0 Å². The van der Waals surface area contributed by atoms with E-state index in [2.05, 4.69) is 9.71 Å². The highest BCUT2D eigenvalue weighted by atomic mass is 35.5. The zero-order valence-electron chi connectivity index (χ0n) is 9.79. The Bertz CT molecular complexity index is 510. The zero-order valence-corrected chi connectivity index (χ0v) is 12.1. The molecule has 0 aliphatic rings. The first-order chi connectivity index (χ1) is 7.62. The maximum absolute atomic E-state index is 11.9. The highest BCUT2D eigenvalue weighted by molar-refractivity contribution is 7.89. The fourth-order valence-corrected chi connectivity index (χ4v) is 2.53. The molecule has 0 saturated heterocycles. The van der Waals surface area contributed by atoms with Crippen LogP contribution < -0.4 is 4.72 Å². The summed E-state index contributed by atoms with van der Waals surface area (Å²) in [6, 6.07) is 1.28. The van der Waals surface area contributed by atoms with Gasteiger partial charge in [-0.2, -0.15) is 0 Å². The van der Waals surface area contributed by atoms with Crippen molar-refractivity contribution < 1.29 is 8.42 Å². The topological polar surface area (TPSA) is 59.1 Å². The molecule has 0 bridgehead atoms. The van der Waals surface area contributed by atoms with E-state index in [0.29, 0.717) is 6.54 Å². The molecule has 96 valence electrons. The molecule has 17 heavy (non-hydrogen) atoms. The third-order valence-electron chi connectivity index (χ3n) is 1.87. The number of sulfonamides is 1. The third kappa shape index (κ3) is 4.43. The number of hydrogen-bond donors (Lipinski definition) is 1. The first-order valence-electron chi connectivity index (χ1n) is 4.92. The first kappa shape index (κ1) is 14.7. The van der Waals surface area contributed by atoms with E-state index in [0.717, 1.165) is 0 Å². The van der Waals surface area contributed by atoms with Crippen molar-refractivity contribution >= 4 is 33.2 Å². The van der Waals surface area contributed by atoms with Crippen molar-refractivity contribution in [3.05, 3.63) is 22.4 Å². The highest BCUT2D eigenvalue weighted by Gasteiger charge is 2.19. The molecular formula is C10H14Cl2N2O2S. The summed E-state index contributed by atoms with van der Waals surface area (Å²) in [5.41, 5.74) is -0.142. The number of nitrogens with zero attached hydrogens (tertiary/aromatic N) is 1. The first-order valence-corrected chi connectivity index (χ1v) is 7.16. The molecule has 0 atom stereocenters. The molecule has 1 aromatic rings. The van der Waals surface area contributed by atoms with Gasteiger partial charge in [-0.3, -0.25) is 0 Å². The normalized spacial score (nSPS) is 12.8. The molecule has 1 N–H and O–H groups in total. The Balaban J connectivity index is 2.94. The molecule has 0 unspecified atom stereocenters. The van der Waals surface area contributed by atoms with Gasteiger partial charge in [0.15, 0.2) is 0 Å². The van der Waals surface area contributed by atoms with Crippen LogP contribution in [0.2, 0.25) is 10.2 Å². The van der Waals surface area contributed by atoms with Crippen LogP contribution in [0.4, 0.5) is 0 Å². The number of rotatable bonds is 3. The Morgan fingerprint density at radius 3 is 2.41 bits per heavy atom. The van der Waals surface area contributed by atoms with Crippen molar-refractivity contribution in [2.24, 2.45) is 5.41 Å². The van der Waals surface area contributed by atoms with Crippen LogP contribution in [0.3, 0.4) is 0 Å². The minimum Gasteiger partial charge on any atom is -0.242 e. The second kappa shape index (κ2) is 5.10. The average molecular weight is 297 g/mol. The van der Waals surface area contributed by atoms with Crippen LogP contribution in [0.5, 0.6) is 0 Å². The van der Waals surface area contributed by atoms with Crippen molar-refractivity contribution in [1.82, 2.24) is 9.71 Å². The monoisotopic (exact) mass is 296 g/mol. The molecule has 7 heteroatoms. The van der Waals surface area contributed by atoms with E-state index >= 15 is 0 Å². The molecule has 0 amide bonds. The van der Waals surface area contributed by atoms with Gasteiger partial charge in [0.1, 0.15) is 10.0 Å². The van der Waals surface area contributed by atoms with Crippen LogP contribution in [0.25, 0.3) is 0 Å². The Labute approximate surface area is 111 Å². The van der Waals surface area contributed by atoms with Crippen LogP contribution in [-0.4, -0.2) is 19.9 Å². The summed E-state index contributed by atoms with van der Waals surface area (Å²) in [5.74, 6) is 0. The van der Waals surface area contributed by atoms with E-state index < -0.39 is 10.0 Å². The van der Waals surface area contributed by atoms with Gasteiger partial charge >= 0.3 is 0 Å². The number of hydrogen-bond acceptors (Lipinski definition) is 3. The molecule has 0 aliphatic carbocycles. The molecule has 0 fully saturated rings. The highest BCUT2D eigenvalue weighted by Crippen LogP contribution is 2.22. The maximum atomic E-state index is 11.9. The molecule has 0 aromatic carbocycles. The van der Waals surface area contributed by atoms with Crippen LogP contribution in [0, 0.1) is 5.41 Å². The van der Waals surface area contributed by atoms with E-state index in [1.54, 1.807) is 0 Å².